The minimum absolute atomic E-state index is 0.574. The molecule has 0 atom stereocenters. The predicted octanol–water partition coefficient (Wildman–Crippen LogP) is 11.5. The van der Waals surface area contributed by atoms with Crippen LogP contribution in [0.1, 0.15) is 0 Å². The van der Waals surface area contributed by atoms with Crippen LogP contribution in [0.2, 0.25) is 0 Å². The van der Waals surface area contributed by atoms with Gasteiger partial charge in [-0.15, -0.1) is 0 Å². The number of nitrogens with zero attached hydrogens (tertiary/aromatic N) is 3. The Morgan fingerprint density at radius 3 is 1.69 bits per heavy atom. The summed E-state index contributed by atoms with van der Waals surface area (Å²) < 4.78 is 12.9. The second-order valence-corrected chi connectivity index (χ2v) is 11.9. The Balaban J connectivity index is 1.28. The summed E-state index contributed by atoms with van der Waals surface area (Å²) in [5, 5.41) is 6.33. The molecular formula is C43H25N3O2. The van der Waals surface area contributed by atoms with Gasteiger partial charge in [-0.3, -0.25) is 0 Å². The van der Waals surface area contributed by atoms with Gasteiger partial charge in [0.15, 0.2) is 17.5 Å². The molecule has 3 heterocycles. The molecule has 0 aliphatic rings. The number of hydrogen-bond acceptors (Lipinski definition) is 5. The largest absolute Gasteiger partial charge is 0.456 e. The van der Waals surface area contributed by atoms with Crippen LogP contribution in [0.25, 0.3) is 99.9 Å². The van der Waals surface area contributed by atoms with E-state index < -0.39 is 0 Å². The standard InChI is InChI=1S/C43H25N3O2/c1-2-13-27(14-3-1)41-44-42(33-20-11-23-37-38(33)31-17-6-8-21-35(31)47-37)46-43(45-41)34-25-24-30(29-19-10-15-26-12-4-5-16-28(26)29)40-39(34)32-18-7-9-22-36(32)48-40/h1-25H. The van der Waals surface area contributed by atoms with Gasteiger partial charge in [0.05, 0.1) is 0 Å². The Morgan fingerprint density at radius 1 is 0.333 bits per heavy atom. The third-order valence-electron chi connectivity index (χ3n) is 9.16. The number of benzene rings is 7. The average molecular weight is 616 g/mol. The van der Waals surface area contributed by atoms with E-state index in [1.807, 2.05) is 78.9 Å². The molecule has 5 nitrogen and oxygen atoms in total. The van der Waals surface area contributed by atoms with Gasteiger partial charge in [0.2, 0.25) is 0 Å². The fourth-order valence-electron chi connectivity index (χ4n) is 6.98. The third-order valence-corrected chi connectivity index (χ3v) is 9.16. The number of para-hydroxylation sites is 2. The van der Waals surface area contributed by atoms with Crippen LogP contribution in [0.5, 0.6) is 0 Å². The van der Waals surface area contributed by atoms with Crippen molar-refractivity contribution < 1.29 is 8.83 Å². The highest BCUT2D eigenvalue weighted by molar-refractivity contribution is 6.17. The molecule has 0 fully saturated rings. The molecule has 0 saturated carbocycles. The Hall–Kier alpha value is -6.59. The van der Waals surface area contributed by atoms with Crippen LogP contribution >= 0.6 is 0 Å². The summed E-state index contributed by atoms with van der Waals surface area (Å²) in [5.74, 6) is 1.75. The van der Waals surface area contributed by atoms with Gasteiger partial charge in [-0.1, -0.05) is 121 Å². The van der Waals surface area contributed by atoms with E-state index in [0.717, 1.165) is 71.7 Å². The number of fused-ring (bicyclic) bond motifs is 7. The molecular weight excluding hydrogens is 590 g/mol. The van der Waals surface area contributed by atoms with Crippen LogP contribution in [0.3, 0.4) is 0 Å². The van der Waals surface area contributed by atoms with Gasteiger partial charge in [0, 0.05) is 43.8 Å². The first-order valence-electron chi connectivity index (χ1n) is 15.9. The van der Waals surface area contributed by atoms with Gasteiger partial charge in [-0.25, -0.2) is 15.0 Å². The molecule has 0 radical (unpaired) electrons. The van der Waals surface area contributed by atoms with E-state index in [-0.39, 0.29) is 0 Å². The Labute approximate surface area is 274 Å². The van der Waals surface area contributed by atoms with Crippen molar-refractivity contribution in [3.8, 4) is 45.3 Å². The number of furan rings is 2. The summed E-state index contributed by atoms with van der Waals surface area (Å²) in [7, 11) is 0. The fourth-order valence-corrected chi connectivity index (χ4v) is 6.98. The Morgan fingerprint density at radius 2 is 0.875 bits per heavy atom. The van der Waals surface area contributed by atoms with E-state index in [0.29, 0.717) is 17.5 Å². The first-order valence-corrected chi connectivity index (χ1v) is 15.9. The van der Waals surface area contributed by atoms with Crippen molar-refractivity contribution in [2.45, 2.75) is 0 Å². The van der Waals surface area contributed by atoms with Crippen molar-refractivity contribution in [2.24, 2.45) is 0 Å². The van der Waals surface area contributed by atoms with Crippen LogP contribution in [0, 0.1) is 0 Å². The molecule has 0 bridgehead atoms. The fraction of sp³-hybridized carbons (Fsp3) is 0. The number of aromatic nitrogens is 3. The lowest BCUT2D eigenvalue weighted by molar-refractivity contribution is 0.669. The van der Waals surface area contributed by atoms with Crippen molar-refractivity contribution in [1.82, 2.24) is 15.0 Å². The normalized spacial score (nSPS) is 11.8. The van der Waals surface area contributed by atoms with Crippen molar-refractivity contribution >= 4 is 54.6 Å². The van der Waals surface area contributed by atoms with Crippen molar-refractivity contribution in [3.63, 3.8) is 0 Å². The molecule has 5 heteroatoms. The van der Waals surface area contributed by atoms with Crippen molar-refractivity contribution in [3.05, 3.63) is 152 Å². The Bertz CT molecular complexity index is 2840. The molecule has 3 aromatic heterocycles. The van der Waals surface area contributed by atoms with Gasteiger partial charge in [0.1, 0.15) is 22.3 Å². The summed E-state index contributed by atoms with van der Waals surface area (Å²) in [6.45, 7) is 0. The molecule has 10 rings (SSSR count). The average Bonchev–Trinajstić information content (AvgIpc) is 3.74. The van der Waals surface area contributed by atoms with Gasteiger partial charge >= 0.3 is 0 Å². The second kappa shape index (κ2) is 10.5. The molecule has 0 N–H and O–H groups in total. The smallest absolute Gasteiger partial charge is 0.164 e. The van der Waals surface area contributed by atoms with Gasteiger partial charge in [0.25, 0.3) is 0 Å². The highest BCUT2D eigenvalue weighted by Gasteiger charge is 2.22. The lowest BCUT2D eigenvalue weighted by atomic mass is 9.94. The molecule has 0 spiro atoms. The van der Waals surface area contributed by atoms with Crippen LogP contribution in [0.15, 0.2) is 160 Å². The van der Waals surface area contributed by atoms with Crippen LogP contribution in [0.4, 0.5) is 0 Å². The minimum Gasteiger partial charge on any atom is -0.456 e. The monoisotopic (exact) mass is 615 g/mol. The summed E-state index contributed by atoms with van der Waals surface area (Å²) in [6.07, 6.45) is 0. The lowest BCUT2D eigenvalue weighted by Gasteiger charge is -2.12. The quantitative estimate of drug-likeness (QED) is 0.197. The van der Waals surface area contributed by atoms with Crippen molar-refractivity contribution in [2.75, 3.05) is 0 Å². The summed E-state index contributed by atoms with van der Waals surface area (Å²) in [5.41, 5.74) is 8.05. The van der Waals surface area contributed by atoms with E-state index in [1.54, 1.807) is 0 Å². The van der Waals surface area contributed by atoms with Gasteiger partial charge in [-0.2, -0.15) is 0 Å². The summed E-state index contributed by atoms with van der Waals surface area (Å²) >= 11 is 0. The van der Waals surface area contributed by atoms with E-state index in [2.05, 4.69) is 72.8 Å². The highest BCUT2D eigenvalue weighted by Crippen LogP contribution is 2.43. The molecule has 48 heavy (non-hydrogen) atoms. The summed E-state index contributed by atoms with van der Waals surface area (Å²) in [4.78, 5) is 15.4. The second-order valence-electron chi connectivity index (χ2n) is 11.9. The maximum Gasteiger partial charge on any atom is 0.164 e. The molecule has 0 aliphatic carbocycles. The van der Waals surface area contributed by atoms with E-state index in [4.69, 9.17) is 23.8 Å². The third kappa shape index (κ3) is 4.08. The van der Waals surface area contributed by atoms with Crippen LogP contribution in [-0.2, 0) is 0 Å². The highest BCUT2D eigenvalue weighted by atomic mass is 16.3. The zero-order valence-electron chi connectivity index (χ0n) is 25.6. The van der Waals surface area contributed by atoms with Crippen molar-refractivity contribution in [1.29, 1.82) is 0 Å². The molecule has 0 amide bonds. The topological polar surface area (TPSA) is 65.0 Å². The SMILES string of the molecule is c1ccc(-c2nc(-c3cccc4oc5ccccc5c34)nc(-c3ccc(-c4cccc5ccccc45)c4oc5ccccc5c34)n2)cc1. The minimum atomic E-state index is 0.574. The predicted molar refractivity (Wildman–Crippen MR) is 194 cm³/mol. The molecule has 0 unspecified atom stereocenters. The molecule has 0 saturated heterocycles. The zero-order chi connectivity index (χ0) is 31.6. The Kier molecular flexibility index (Phi) is 5.81. The maximum absolute atomic E-state index is 6.69. The van der Waals surface area contributed by atoms with E-state index >= 15 is 0 Å². The first kappa shape index (κ1) is 26.6. The molecule has 7 aromatic carbocycles. The lowest BCUT2D eigenvalue weighted by Crippen LogP contribution is -2.01. The maximum atomic E-state index is 6.69. The van der Waals surface area contributed by atoms with Gasteiger partial charge < -0.3 is 8.83 Å². The number of rotatable bonds is 4. The molecule has 0 aliphatic heterocycles. The number of hydrogen-bond donors (Lipinski definition) is 0. The first-order chi connectivity index (χ1) is 23.8. The summed E-state index contributed by atoms with van der Waals surface area (Å²) in [6, 6.07) is 51.5. The van der Waals surface area contributed by atoms with Gasteiger partial charge in [-0.05, 0) is 46.7 Å². The van der Waals surface area contributed by atoms with Crippen LogP contribution < -0.4 is 0 Å². The van der Waals surface area contributed by atoms with Crippen LogP contribution in [-0.4, -0.2) is 15.0 Å². The van der Waals surface area contributed by atoms with E-state index in [1.165, 1.54) is 10.8 Å². The zero-order valence-corrected chi connectivity index (χ0v) is 25.6. The molecule has 10 aromatic rings. The van der Waals surface area contributed by atoms with E-state index in [9.17, 15) is 0 Å². The molecule has 224 valence electrons.